The Balaban J connectivity index is 1.68. The van der Waals surface area contributed by atoms with Crippen molar-refractivity contribution < 1.29 is 35.0 Å². The molecule has 9 heteroatoms. The van der Waals surface area contributed by atoms with E-state index < -0.39 is 37.0 Å². The first kappa shape index (κ1) is 23.6. The standard InChI is InChI=1S/C24H30N2O7/c1-3-4-14-5-7-15(8-6-14)11-17-20-16(25-26-17)9-13(2)10-18(20)33-24(31)22(29)21(28)19(12-27)32-23(24)30/h5-10,19,21-23,27-31H,3-4,11-12H2,1-2H3,(H,25,26)/t19-,21-,22+,23-,24+/m1/s1. The molecule has 2 heterocycles. The predicted octanol–water partition coefficient (Wildman–Crippen LogP) is 0.913. The summed E-state index contributed by atoms with van der Waals surface area (Å²) in [6, 6.07) is 11.8. The third-order valence-electron chi connectivity index (χ3n) is 6.02. The molecule has 1 aliphatic rings. The van der Waals surface area contributed by atoms with E-state index >= 15 is 0 Å². The van der Waals surface area contributed by atoms with Gasteiger partial charge in [0.25, 0.3) is 5.79 Å². The van der Waals surface area contributed by atoms with Gasteiger partial charge in [-0.1, -0.05) is 37.6 Å². The second kappa shape index (κ2) is 9.38. The van der Waals surface area contributed by atoms with E-state index in [4.69, 9.17) is 9.47 Å². The van der Waals surface area contributed by atoms with Crippen LogP contribution in [-0.2, 0) is 17.6 Å². The molecule has 0 aliphatic carbocycles. The second-order valence-electron chi connectivity index (χ2n) is 8.60. The number of hydrogen-bond acceptors (Lipinski definition) is 8. The summed E-state index contributed by atoms with van der Waals surface area (Å²) in [5, 5.41) is 59.3. The molecule has 178 valence electrons. The second-order valence-corrected chi connectivity index (χ2v) is 8.60. The van der Waals surface area contributed by atoms with Crippen molar-refractivity contribution in [1.29, 1.82) is 0 Å². The lowest BCUT2D eigenvalue weighted by atomic mass is 9.95. The lowest BCUT2D eigenvalue weighted by molar-refractivity contribution is -0.385. The third kappa shape index (κ3) is 4.48. The first-order valence-electron chi connectivity index (χ1n) is 11.0. The summed E-state index contributed by atoms with van der Waals surface area (Å²) in [4.78, 5) is 0. The number of hydrogen-bond donors (Lipinski definition) is 6. The van der Waals surface area contributed by atoms with Crippen LogP contribution >= 0.6 is 0 Å². The fraction of sp³-hybridized carbons (Fsp3) is 0.458. The van der Waals surface area contributed by atoms with Gasteiger partial charge in [0.15, 0.2) is 6.10 Å². The molecule has 1 aliphatic heterocycles. The number of aryl methyl sites for hydroxylation is 2. The number of aromatic amines is 1. The van der Waals surface area contributed by atoms with Crippen molar-refractivity contribution in [2.75, 3.05) is 6.61 Å². The van der Waals surface area contributed by atoms with Gasteiger partial charge in [0.1, 0.15) is 18.0 Å². The molecule has 0 bridgehead atoms. The van der Waals surface area contributed by atoms with Gasteiger partial charge in [0, 0.05) is 6.42 Å². The number of H-pyrrole nitrogens is 1. The van der Waals surface area contributed by atoms with Crippen LogP contribution in [-0.4, -0.2) is 72.7 Å². The first-order chi connectivity index (χ1) is 15.8. The van der Waals surface area contributed by atoms with Crippen molar-refractivity contribution in [3.05, 3.63) is 58.8 Å². The van der Waals surface area contributed by atoms with Gasteiger partial charge in [-0.15, -0.1) is 0 Å². The molecule has 0 saturated carbocycles. The molecule has 9 nitrogen and oxygen atoms in total. The van der Waals surface area contributed by atoms with Gasteiger partial charge in [-0.25, -0.2) is 0 Å². The van der Waals surface area contributed by atoms with Crippen LogP contribution in [0, 0.1) is 6.92 Å². The molecule has 1 aromatic heterocycles. The van der Waals surface area contributed by atoms with Gasteiger partial charge in [-0.3, -0.25) is 5.10 Å². The Morgan fingerprint density at radius 2 is 1.82 bits per heavy atom. The predicted molar refractivity (Wildman–Crippen MR) is 120 cm³/mol. The summed E-state index contributed by atoms with van der Waals surface area (Å²) >= 11 is 0. The lowest BCUT2D eigenvalue weighted by Gasteiger charge is -2.45. The number of aliphatic hydroxyl groups is 5. The molecule has 33 heavy (non-hydrogen) atoms. The Kier molecular flexibility index (Phi) is 6.71. The van der Waals surface area contributed by atoms with E-state index in [9.17, 15) is 25.5 Å². The minimum Gasteiger partial charge on any atom is -0.453 e. The minimum absolute atomic E-state index is 0.162. The molecule has 1 fully saturated rings. The fourth-order valence-corrected chi connectivity index (χ4v) is 4.21. The van der Waals surface area contributed by atoms with Crippen molar-refractivity contribution >= 4 is 10.9 Å². The molecule has 0 radical (unpaired) electrons. The van der Waals surface area contributed by atoms with E-state index in [0.29, 0.717) is 23.0 Å². The zero-order valence-electron chi connectivity index (χ0n) is 18.6. The van der Waals surface area contributed by atoms with E-state index in [0.717, 1.165) is 24.0 Å². The average Bonchev–Trinajstić information content (AvgIpc) is 3.19. The van der Waals surface area contributed by atoms with Crippen LogP contribution < -0.4 is 4.74 Å². The number of nitrogens with one attached hydrogen (secondary N) is 1. The molecular weight excluding hydrogens is 428 g/mol. The summed E-state index contributed by atoms with van der Waals surface area (Å²) in [6.45, 7) is 3.31. The number of rotatable bonds is 7. The normalized spacial score (nSPS) is 27.7. The molecule has 0 amide bonds. The molecule has 0 spiro atoms. The molecule has 1 saturated heterocycles. The van der Waals surface area contributed by atoms with E-state index in [-0.39, 0.29) is 5.75 Å². The fourth-order valence-electron chi connectivity index (χ4n) is 4.21. The number of fused-ring (bicyclic) bond motifs is 1. The highest BCUT2D eigenvalue weighted by atomic mass is 16.7. The molecule has 4 rings (SSSR count). The Hall–Kier alpha value is -2.53. The van der Waals surface area contributed by atoms with Gasteiger partial charge in [0.2, 0.25) is 6.29 Å². The van der Waals surface area contributed by atoms with E-state index in [2.05, 4.69) is 29.3 Å². The van der Waals surface area contributed by atoms with Gasteiger partial charge in [-0.2, -0.15) is 5.10 Å². The highest BCUT2D eigenvalue weighted by Crippen LogP contribution is 2.37. The van der Waals surface area contributed by atoms with Crippen molar-refractivity contribution in [3.8, 4) is 5.75 Å². The smallest absolute Gasteiger partial charge is 0.288 e. The number of ether oxygens (including phenoxy) is 2. The van der Waals surface area contributed by atoms with E-state index in [1.54, 1.807) is 6.07 Å². The topological polar surface area (TPSA) is 148 Å². The van der Waals surface area contributed by atoms with Crippen LogP contribution in [0.5, 0.6) is 5.75 Å². The van der Waals surface area contributed by atoms with Crippen LogP contribution in [0.3, 0.4) is 0 Å². The van der Waals surface area contributed by atoms with Crippen molar-refractivity contribution in [3.63, 3.8) is 0 Å². The van der Waals surface area contributed by atoms with Gasteiger partial charge in [-0.05, 0) is 42.2 Å². The Labute approximate surface area is 191 Å². The lowest BCUT2D eigenvalue weighted by Crippen LogP contribution is -2.69. The van der Waals surface area contributed by atoms with Gasteiger partial charge < -0.3 is 35.0 Å². The molecule has 3 aromatic rings. The number of nitrogens with zero attached hydrogens (tertiary/aromatic N) is 1. The maximum absolute atomic E-state index is 11.0. The van der Waals surface area contributed by atoms with Crippen molar-refractivity contribution in [1.82, 2.24) is 10.2 Å². The number of benzene rings is 2. The van der Waals surface area contributed by atoms with Gasteiger partial charge >= 0.3 is 0 Å². The van der Waals surface area contributed by atoms with Crippen molar-refractivity contribution in [2.45, 2.75) is 63.5 Å². The summed E-state index contributed by atoms with van der Waals surface area (Å²) in [5.41, 5.74) is 4.39. The third-order valence-corrected chi connectivity index (χ3v) is 6.02. The first-order valence-corrected chi connectivity index (χ1v) is 11.0. The molecule has 5 atom stereocenters. The zero-order chi connectivity index (χ0) is 23.8. The highest BCUT2D eigenvalue weighted by molar-refractivity contribution is 5.88. The quantitative estimate of drug-likeness (QED) is 0.286. The Bertz CT molecular complexity index is 1100. The van der Waals surface area contributed by atoms with Crippen molar-refractivity contribution in [2.24, 2.45) is 0 Å². The maximum Gasteiger partial charge on any atom is 0.288 e. The summed E-state index contributed by atoms with van der Waals surface area (Å²) in [7, 11) is 0. The SMILES string of the molecule is CCCc1ccc(Cc2n[nH]c3cc(C)cc(O[C@]4(O)[C@H](O)O[C@H](CO)[C@@H](O)[C@@H]4O)c23)cc1. The maximum atomic E-state index is 11.0. The number of aromatic nitrogens is 2. The van der Waals surface area contributed by atoms with Gasteiger partial charge in [0.05, 0.1) is 23.2 Å². The zero-order valence-corrected chi connectivity index (χ0v) is 18.6. The number of aliphatic hydroxyl groups excluding tert-OH is 4. The van der Waals surface area contributed by atoms with Crippen LogP contribution in [0.1, 0.15) is 35.7 Å². The molecular formula is C24H30N2O7. The van der Waals surface area contributed by atoms with Crippen LogP contribution in [0.15, 0.2) is 36.4 Å². The molecule has 0 unspecified atom stereocenters. The Morgan fingerprint density at radius 1 is 1.12 bits per heavy atom. The summed E-state index contributed by atoms with van der Waals surface area (Å²) in [6.07, 6.45) is -4.31. The molecule has 2 aromatic carbocycles. The summed E-state index contributed by atoms with van der Waals surface area (Å²) in [5.74, 6) is -2.50. The monoisotopic (exact) mass is 458 g/mol. The average molecular weight is 459 g/mol. The van der Waals surface area contributed by atoms with Crippen LogP contribution in [0.25, 0.3) is 10.9 Å². The minimum atomic E-state index is -2.66. The largest absolute Gasteiger partial charge is 0.453 e. The Morgan fingerprint density at radius 3 is 2.48 bits per heavy atom. The van der Waals surface area contributed by atoms with E-state index in [1.807, 2.05) is 25.1 Å². The van der Waals surface area contributed by atoms with E-state index in [1.165, 1.54) is 5.56 Å². The highest BCUT2D eigenvalue weighted by Gasteiger charge is 2.57. The van der Waals surface area contributed by atoms with Crippen LogP contribution in [0.4, 0.5) is 0 Å². The molecule has 6 N–H and O–H groups in total. The van der Waals surface area contributed by atoms with Crippen LogP contribution in [0.2, 0.25) is 0 Å². The summed E-state index contributed by atoms with van der Waals surface area (Å²) < 4.78 is 10.8.